The number of carbonyl (C=O) groups excluding carboxylic acids is 1. The van der Waals surface area contributed by atoms with Crippen LogP contribution in [0.2, 0.25) is 0 Å². The van der Waals surface area contributed by atoms with E-state index in [2.05, 4.69) is 10.6 Å². The minimum atomic E-state index is -4.53. The van der Waals surface area contributed by atoms with Crippen LogP contribution < -0.4 is 15.4 Å². The van der Waals surface area contributed by atoms with Crippen LogP contribution in [0.25, 0.3) is 0 Å². The van der Waals surface area contributed by atoms with Crippen LogP contribution in [0.15, 0.2) is 24.3 Å². The van der Waals surface area contributed by atoms with Gasteiger partial charge in [0.15, 0.2) is 0 Å². The lowest BCUT2D eigenvalue weighted by Gasteiger charge is -2.35. The first-order valence-electron chi connectivity index (χ1n) is 8.25. The van der Waals surface area contributed by atoms with Crippen molar-refractivity contribution in [3.05, 3.63) is 29.8 Å². The van der Waals surface area contributed by atoms with Gasteiger partial charge < -0.3 is 15.4 Å². The van der Waals surface area contributed by atoms with Crippen LogP contribution in [-0.4, -0.2) is 37.3 Å². The third-order valence-electron chi connectivity index (χ3n) is 4.64. The van der Waals surface area contributed by atoms with Gasteiger partial charge in [-0.1, -0.05) is 18.2 Å². The second kappa shape index (κ2) is 7.01. The molecule has 0 saturated carbocycles. The van der Waals surface area contributed by atoms with Crippen molar-refractivity contribution in [3.8, 4) is 5.75 Å². The summed E-state index contributed by atoms with van der Waals surface area (Å²) in [5.41, 5.74) is 0.684. The highest BCUT2D eigenvalue weighted by Crippen LogP contribution is 2.35. The number of hydrogen-bond acceptors (Lipinski definition) is 3. The van der Waals surface area contributed by atoms with Crippen LogP contribution in [0.3, 0.4) is 0 Å². The zero-order valence-electron chi connectivity index (χ0n) is 13.2. The second-order valence-corrected chi connectivity index (χ2v) is 6.46. The normalized spacial score (nSPS) is 26.5. The van der Waals surface area contributed by atoms with Gasteiger partial charge in [0, 0.05) is 12.8 Å². The van der Waals surface area contributed by atoms with Crippen LogP contribution >= 0.6 is 0 Å². The molecule has 2 heterocycles. The number of carbonyl (C=O) groups is 1. The lowest BCUT2D eigenvalue weighted by Crippen LogP contribution is -2.55. The maximum atomic E-state index is 13.3. The zero-order chi connectivity index (χ0) is 17.2. The first-order chi connectivity index (χ1) is 11.4. The molecule has 0 bridgehead atoms. The Bertz CT molecular complexity index is 585. The fraction of sp³-hybridized carbons (Fsp3) is 0.588. The summed E-state index contributed by atoms with van der Waals surface area (Å²) < 4.78 is 45.0. The fourth-order valence-corrected chi connectivity index (χ4v) is 3.35. The molecule has 1 aromatic rings. The molecule has 1 saturated heterocycles. The Kier molecular flexibility index (Phi) is 4.99. The van der Waals surface area contributed by atoms with Gasteiger partial charge in [-0.15, -0.1) is 0 Å². The van der Waals surface area contributed by atoms with Gasteiger partial charge in [-0.05, 0) is 43.5 Å². The minimum Gasteiger partial charge on any atom is -0.478 e. The Labute approximate surface area is 138 Å². The molecule has 0 radical (unpaired) electrons. The maximum Gasteiger partial charge on any atom is 0.427 e. The predicted molar refractivity (Wildman–Crippen MR) is 82.8 cm³/mol. The smallest absolute Gasteiger partial charge is 0.427 e. The molecular formula is C17H21F3N2O2. The summed E-state index contributed by atoms with van der Waals surface area (Å²) in [6.07, 6.45) is -4.46. The van der Waals surface area contributed by atoms with Crippen molar-refractivity contribution in [1.82, 2.24) is 10.6 Å². The van der Waals surface area contributed by atoms with Crippen molar-refractivity contribution in [2.24, 2.45) is 5.92 Å². The van der Waals surface area contributed by atoms with E-state index in [1.165, 1.54) is 6.07 Å². The molecule has 1 aromatic carbocycles. The van der Waals surface area contributed by atoms with E-state index in [1.54, 1.807) is 18.2 Å². The molecule has 4 nitrogen and oxygen atoms in total. The number of fused-ring (bicyclic) bond motifs is 1. The number of para-hydroxylation sites is 1. The maximum absolute atomic E-state index is 13.3. The number of benzene rings is 1. The van der Waals surface area contributed by atoms with Gasteiger partial charge in [0.05, 0.1) is 6.04 Å². The highest BCUT2D eigenvalue weighted by Gasteiger charge is 2.49. The lowest BCUT2D eigenvalue weighted by molar-refractivity contribution is -0.206. The molecule has 0 aromatic heterocycles. The molecule has 2 N–H and O–H groups in total. The Morgan fingerprint density at radius 3 is 2.83 bits per heavy atom. The number of alkyl halides is 3. The fourth-order valence-electron chi connectivity index (χ4n) is 3.35. The average molecular weight is 342 g/mol. The molecule has 1 fully saturated rings. The Morgan fingerprint density at radius 2 is 2.12 bits per heavy atom. The van der Waals surface area contributed by atoms with Crippen molar-refractivity contribution in [2.45, 2.75) is 44.0 Å². The van der Waals surface area contributed by atoms with E-state index in [0.29, 0.717) is 17.9 Å². The highest BCUT2D eigenvalue weighted by molar-refractivity contribution is 5.76. The SMILES string of the molecule is O=C(CCC1CCNC1)N[C@@H]1Cc2ccccc2O[C@H]1C(F)(F)F. The van der Waals surface area contributed by atoms with Crippen molar-refractivity contribution in [3.63, 3.8) is 0 Å². The van der Waals surface area contributed by atoms with E-state index in [1.807, 2.05) is 0 Å². The number of ether oxygens (including phenoxy) is 1. The second-order valence-electron chi connectivity index (χ2n) is 6.46. The molecule has 132 valence electrons. The predicted octanol–water partition coefficient (Wildman–Crippen LogP) is 2.43. The summed E-state index contributed by atoms with van der Waals surface area (Å²) in [5.74, 6) is 0.323. The summed E-state index contributed by atoms with van der Waals surface area (Å²) in [5, 5.41) is 5.75. The topological polar surface area (TPSA) is 50.4 Å². The van der Waals surface area contributed by atoms with Crippen molar-refractivity contribution in [1.29, 1.82) is 0 Å². The van der Waals surface area contributed by atoms with Gasteiger partial charge in [-0.2, -0.15) is 13.2 Å². The van der Waals surface area contributed by atoms with E-state index in [0.717, 1.165) is 19.5 Å². The summed E-state index contributed by atoms with van der Waals surface area (Å²) >= 11 is 0. The Morgan fingerprint density at radius 1 is 1.33 bits per heavy atom. The number of rotatable bonds is 4. The molecule has 3 atom stereocenters. The number of nitrogens with one attached hydrogen (secondary N) is 2. The minimum absolute atomic E-state index is 0.122. The summed E-state index contributed by atoms with van der Waals surface area (Å²) in [6.45, 7) is 1.81. The van der Waals surface area contributed by atoms with Gasteiger partial charge >= 0.3 is 6.18 Å². The Balaban J connectivity index is 1.64. The Hall–Kier alpha value is -1.76. The zero-order valence-corrected chi connectivity index (χ0v) is 13.2. The van der Waals surface area contributed by atoms with Crippen LogP contribution in [-0.2, 0) is 11.2 Å². The van der Waals surface area contributed by atoms with Gasteiger partial charge in [0.25, 0.3) is 0 Å². The summed E-state index contributed by atoms with van der Waals surface area (Å²) in [4.78, 5) is 12.1. The standard InChI is InChI=1S/C17H21F3N2O2/c18-17(19,20)16-13(9-12-3-1-2-4-14(12)24-16)22-15(23)6-5-11-7-8-21-10-11/h1-4,11,13,16,21H,5-10H2,(H,22,23)/t11?,13-,16-/m1/s1. The van der Waals surface area contributed by atoms with Crippen LogP contribution in [0.4, 0.5) is 13.2 Å². The van der Waals surface area contributed by atoms with Crippen molar-refractivity contribution >= 4 is 5.91 Å². The van der Waals surface area contributed by atoms with E-state index in [-0.39, 0.29) is 24.5 Å². The molecule has 3 rings (SSSR count). The van der Waals surface area contributed by atoms with E-state index in [9.17, 15) is 18.0 Å². The summed E-state index contributed by atoms with van der Waals surface area (Å²) in [7, 11) is 0. The number of halogens is 3. The molecule has 2 aliphatic rings. The third kappa shape index (κ3) is 4.01. The molecular weight excluding hydrogens is 321 g/mol. The van der Waals surface area contributed by atoms with Gasteiger partial charge in [0.2, 0.25) is 12.0 Å². The molecule has 1 unspecified atom stereocenters. The van der Waals surface area contributed by atoms with Crippen LogP contribution in [0, 0.1) is 5.92 Å². The van der Waals surface area contributed by atoms with Crippen molar-refractivity contribution < 1.29 is 22.7 Å². The highest BCUT2D eigenvalue weighted by atomic mass is 19.4. The van der Waals surface area contributed by atoms with E-state index < -0.39 is 18.3 Å². The third-order valence-corrected chi connectivity index (χ3v) is 4.64. The first kappa shape index (κ1) is 17.1. The number of amides is 1. The summed E-state index contributed by atoms with van der Waals surface area (Å²) in [6, 6.07) is 5.56. The van der Waals surface area contributed by atoms with Gasteiger partial charge in [-0.25, -0.2) is 0 Å². The average Bonchev–Trinajstić information content (AvgIpc) is 3.05. The van der Waals surface area contributed by atoms with E-state index in [4.69, 9.17) is 4.74 Å². The lowest BCUT2D eigenvalue weighted by atomic mass is 9.96. The van der Waals surface area contributed by atoms with Crippen LogP contribution in [0.1, 0.15) is 24.8 Å². The molecule has 0 aliphatic carbocycles. The monoisotopic (exact) mass is 342 g/mol. The first-order valence-corrected chi connectivity index (χ1v) is 8.25. The molecule has 1 amide bonds. The van der Waals surface area contributed by atoms with Gasteiger partial charge in [0.1, 0.15) is 5.75 Å². The molecule has 0 spiro atoms. The number of hydrogen-bond donors (Lipinski definition) is 2. The van der Waals surface area contributed by atoms with Crippen LogP contribution in [0.5, 0.6) is 5.75 Å². The largest absolute Gasteiger partial charge is 0.478 e. The van der Waals surface area contributed by atoms with Gasteiger partial charge in [-0.3, -0.25) is 4.79 Å². The quantitative estimate of drug-likeness (QED) is 0.884. The molecule has 2 aliphatic heterocycles. The molecule has 7 heteroatoms. The van der Waals surface area contributed by atoms with Crippen molar-refractivity contribution in [2.75, 3.05) is 13.1 Å². The van der Waals surface area contributed by atoms with E-state index >= 15 is 0 Å². The molecule has 24 heavy (non-hydrogen) atoms.